The van der Waals surface area contributed by atoms with Crippen molar-refractivity contribution in [1.29, 1.82) is 5.26 Å². The van der Waals surface area contributed by atoms with Gasteiger partial charge in [-0.05, 0) is 30.2 Å². The summed E-state index contributed by atoms with van der Waals surface area (Å²) in [5, 5.41) is 10.00. The summed E-state index contributed by atoms with van der Waals surface area (Å²) in [5.41, 5.74) is -1.82. The Balaban J connectivity index is 2.77. The topological polar surface area (TPSA) is 67.2 Å². The highest BCUT2D eigenvalue weighted by Crippen LogP contribution is 2.38. The molecule has 0 aromatic heterocycles. The number of unbranched alkanes of at least 4 members (excludes halogenated alkanes) is 1. The normalized spacial score (nSPS) is 12.8. The molecule has 2 rings (SSSR count). The van der Waals surface area contributed by atoms with Crippen molar-refractivity contribution < 1.29 is 25.8 Å². The molecule has 0 atom stereocenters. The van der Waals surface area contributed by atoms with Crippen LogP contribution in [0.25, 0.3) is 11.3 Å². The van der Waals surface area contributed by atoms with Crippen LogP contribution in [0.5, 0.6) is 0 Å². The maximum atomic E-state index is 13.5. The van der Waals surface area contributed by atoms with E-state index in [1.165, 1.54) is 36.4 Å². The highest BCUT2D eigenvalue weighted by Gasteiger charge is 2.36. The van der Waals surface area contributed by atoms with Crippen LogP contribution >= 0.6 is 11.6 Å². The first kappa shape index (κ1) is 22.8. The molecule has 0 saturated heterocycles. The van der Waals surface area contributed by atoms with Crippen LogP contribution in [0.2, 0.25) is 5.02 Å². The summed E-state index contributed by atoms with van der Waals surface area (Å²) in [6, 6.07) is 11.8. The standard InChI is InChI=1S/C20H17ClF3NO3S/c1-2-3-12-29(26,27)28-19(16-6-4-5-7-18(16)20(22,23)24)17(13-25)14-8-10-15(21)11-9-14/h4-11H,2-3,12H2,1H3/b19-17+. The zero-order valence-electron chi connectivity index (χ0n) is 15.3. The third-order valence-electron chi connectivity index (χ3n) is 3.91. The number of halogens is 4. The predicted octanol–water partition coefficient (Wildman–Crippen LogP) is 5.90. The Kier molecular flexibility index (Phi) is 7.33. The SMILES string of the molecule is CCCCS(=O)(=O)O/C(=C(\C#N)c1ccc(Cl)cc1)c1ccccc1C(F)(F)F. The van der Waals surface area contributed by atoms with Crippen LogP contribution in [0.3, 0.4) is 0 Å². The molecule has 2 aromatic rings. The summed E-state index contributed by atoms with van der Waals surface area (Å²) in [5.74, 6) is -1.06. The minimum Gasteiger partial charge on any atom is -0.380 e. The Labute approximate surface area is 172 Å². The highest BCUT2D eigenvalue weighted by molar-refractivity contribution is 7.86. The molecular formula is C20H17ClF3NO3S. The van der Waals surface area contributed by atoms with E-state index >= 15 is 0 Å². The van der Waals surface area contributed by atoms with E-state index in [0.29, 0.717) is 11.4 Å². The van der Waals surface area contributed by atoms with E-state index in [9.17, 15) is 26.9 Å². The van der Waals surface area contributed by atoms with Gasteiger partial charge in [0.1, 0.15) is 11.6 Å². The minimum atomic E-state index is -4.78. The number of hydrogen-bond acceptors (Lipinski definition) is 4. The Bertz CT molecular complexity index is 1040. The molecule has 0 unspecified atom stereocenters. The Hall–Kier alpha value is -2.50. The minimum absolute atomic E-state index is 0.176. The fraction of sp³-hybridized carbons (Fsp3) is 0.250. The molecule has 4 nitrogen and oxygen atoms in total. The van der Waals surface area contributed by atoms with E-state index < -0.39 is 33.2 Å². The van der Waals surface area contributed by atoms with Crippen molar-refractivity contribution in [2.75, 3.05) is 5.75 Å². The summed E-state index contributed by atoms with van der Waals surface area (Å²) >= 11 is 5.83. The Morgan fingerprint density at radius 2 is 1.76 bits per heavy atom. The van der Waals surface area contributed by atoms with Crippen molar-refractivity contribution in [3.63, 3.8) is 0 Å². The van der Waals surface area contributed by atoms with Crippen molar-refractivity contribution in [3.05, 3.63) is 70.2 Å². The molecule has 0 radical (unpaired) electrons. The van der Waals surface area contributed by atoms with Crippen LogP contribution in [0.15, 0.2) is 48.5 Å². The van der Waals surface area contributed by atoms with E-state index in [4.69, 9.17) is 15.8 Å². The van der Waals surface area contributed by atoms with Crippen LogP contribution in [-0.4, -0.2) is 14.2 Å². The van der Waals surface area contributed by atoms with E-state index in [1.807, 2.05) is 0 Å². The molecule has 0 bridgehead atoms. The van der Waals surface area contributed by atoms with Crippen molar-refractivity contribution in [1.82, 2.24) is 0 Å². The zero-order valence-corrected chi connectivity index (χ0v) is 16.9. The summed E-state index contributed by atoms with van der Waals surface area (Å²) in [6.45, 7) is 1.76. The largest absolute Gasteiger partial charge is 0.417 e. The number of benzene rings is 2. The second-order valence-corrected chi connectivity index (χ2v) is 8.19. The van der Waals surface area contributed by atoms with Gasteiger partial charge in [0.2, 0.25) is 0 Å². The number of alkyl halides is 3. The fourth-order valence-electron chi connectivity index (χ4n) is 2.50. The van der Waals surface area contributed by atoms with Crippen LogP contribution in [0.1, 0.15) is 36.5 Å². The van der Waals surface area contributed by atoms with E-state index in [0.717, 1.165) is 12.1 Å². The van der Waals surface area contributed by atoms with E-state index in [1.54, 1.807) is 13.0 Å². The van der Waals surface area contributed by atoms with Gasteiger partial charge in [-0.2, -0.15) is 26.9 Å². The molecule has 29 heavy (non-hydrogen) atoms. The lowest BCUT2D eigenvalue weighted by molar-refractivity contribution is -0.137. The van der Waals surface area contributed by atoms with E-state index in [-0.39, 0.29) is 23.3 Å². The second-order valence-electron chi connectivity index (χ2n) is 6.06. The molecule has 0 saturated carbocycles. The first-order valence-electron chi connectivity index (χ1n) is 8.58. The average Bonchev–Trinajstić information content (AvgIpc) is 2.67. The summed E-state index contributed by atoms with van der Waals surface area (Å²) in [6.07, 6.45) is -3.97. The molecular weight excluding hydrogens is 427 g/mol. The summed E-state index contributed by atoms with van der Waals surface area (Å²) in [4.78, 5) is 0. The van der Waals surface area contributed by atoms with Gasteiger partial charge < -0.3 is 4.18 Å². The van der Waals surface area contributed by atoms with Gasteiger partial charge in [-0.1, -0.05) is 55.3 Å². The lowest BCUT2D eigenvalue weighted by atomic mass is 9.98. The molecule has 0 aliphatic rings. The number of nitriles is 1. The van der Waals surface area contributed by atoms with Crippen molar-refractivity contribution in [2.24, 2.45) is 0 Å². The molecule has 9 heteroatoms. The maximum Gasteiger partial charge on any atom is 0.417 e. The van der Waals surface area contributed by atoms with Gasteiger partial charge in [0.05, 0.1) is 11.3 Å². The average molecular weight is 444 g/mol. The molecule has 154 valence electrons. The molecule has 0 heterocycles. The third kappa shape index (κ3) is 5.99. The molecule has 0 N–H and O–H groups in total. The number of allylic oxidation sites excluding steroid dienone is 1. The van der Waals surface area contributed by atoms with Crippen LogP contribution in [0, 0.1) is 11.3 Å². The van der Waals surface area contributed by atoms with E-state index in [2.05, 4.69) is 0 Å². The fourth-order valence-corrected chi connectivity index (χ4v) is 3.78. The number of hydrogen-bond donors (Lipinski definition) is 0. The quantitative estimate of drug-likeness (QED) is 0.231. The lowest BCUT2D eigenvalue weighted by Crippen LogP contribution is -2.14. The van der Waals surface area contributed by atoms with Crippen molar-refractivity contribution in [3.8, 4) is 6.07 Å². The number of nitrogens with zero attached hydrogens (tertiary/aromatic N) is 1. The Morgan fingerprint density at radius 1 is 1.14 bits per heavy atom. The highest BCUT2D eigenvalue weighted by atomic mass is 35.5. The summed E-state index contributed by atoms with van der Waals surface area (Å²) < 4.78 is 70.5. The Morgan fingerprint density at radius 3 is 2.31 bits per heavy atom. The molecule has 2 aromatic carbocycles. The van der Waals surface area contributed by atoms with Gasteiger partial charge in [-0.25, -0.2) is 0 Å². The van der Waals surface area contributed by atoms with Crippen LogP contribution in [-0.2, 0) is 20.5 Å². The van der Waals surface area contributed by atoms with Crippen LogP contribution < -0.4 is 0 Å². The third-order valence-corrected chi connectivity index (χ3v) is 5.37. The van der Waals surface area contributed by atoms with Crippen LogP contribution in [0.4, 0.5) is 13.2 Å². The number of rotatable bonds is 7. The molecule has 0 fully saturated rings. The lowest BCUT2D eigenvalue weighted by Gasteiger charge is -2.17. The van der Waals surface area contributed by atoms with Crippen molar-refractivity contribution >= 4 is 33.1 Å². The maximum absolute atomic E-state index is 13.5. The van der Waals surface area contributed by atoms with Crippen molar-refractivity contribution in [2.45, 2.75) is 25.9 Å². The first-order valence-corrected chi connectivity index (χ1v) is 10.5. The molecule has 0 aliphatic heterocycles. The summed E-state index contributed by atoms with van der Waals surface area (Å²) in [7, 11) is -4.23. The van der Waals surface area contributed by atoms with Gasteiger partial charge in [0, 0.05) is 10.6 Å². The monoisotopic (exact) mass is 443 g/mol. The predicted molar refractivity (Wildman–Crippen MR) is 105 cm³/mol. The van der Waals surface area contributed by atoms with Gasteiger partial charge in [0.25, 0.3) is 0 Å². The zero-order chi connectivity index (χ0) is 21.7. The van der Waals surface area contributed by atoms with Gasteiger partial charge in [0.15, 0.2) is 5.76 Å². The molecule has 0 spiro atoms. The van der Waals surface area contributed by atoms with Gasteiger partial charge in [-0.3, -0.25) is 0 Å². The smallest absolute Gasteiger partial charge is 0.380 e. The molecule has 0 amide bonds. The van der Waals surface area contributed by atoms with Gasteiger partial charge >= 0.3 is 16.3 Å². The molecule has 0 aliphatic carbocycles. The second kappa shape index (κ2) is 9.33. The first-order chi connectivity index (χ1) is 13.6. The van der Waals surface area contributed by atoms with Gasteiger partial charge in [-0.15, -0.1) is 0 Å².